The zero-order chi connectivity index (χ0) is 20.4. The molecule has 2 nitrogen and oxygen atoms in total. The van der Waals surface area contributed by atoms with Gasteiger partial charge in [0.2, 0.25) is 0 Å². The first-order chi connectivity index (χ1) is 13.1. The van der Waals surface area contributed by atoms with Crippen molar-refractivity contribution in [2.45, 2.75) is 48.0 Å². The van der Waals surface area contributed by atoms with Gasteiger partial charge in [0.1, 0.15) is 5.75 Å². The first-order valence-corrected chi connectivity index (χ1v) is 9.81. The second-order valence-corrected chi connectivity index (χ2v) is 5.78. The van der Waals surface area contributed by atoms with E-state index in [9.17, 15) is 5.11 Å². The molecule has 1 heterocycles. The fraction of sp³-hybridized carbons (Fsp3) is 0.280. The Balaban J connectivity index is 0.000000855. The van der Waals surface area contributed by atoms with Crippen molar-refractivity contribution in [1.29, 1.82) is 0 Å². The zero-order valence-corrected chi connectivity index (χ0v) is 17.6. The molecular formula is C25H33NO. The van der Waals surface area contributed by atoms with Gasteiger partial charge in [-0.2, -0.15) is 0 Å². The predicted molar refractivity (Wildman–Crippen MR) is 120 cm³/mol. The molecule has 0 amide bonds. The van der Waals surface area contributed by atoms with E-state index in [0.717, 1.165) is 29.1 Å². The van der Waals surface area contributed by atoms with Gasteiger partial charge in [0.15, 0.2) is 0 Å². The third-order valence-corrected chi connectivity index (χ3v) is 4.06. The van der Waals surface area contributed by atoms with Crippen molar-refractivity contribution in [3.63, 3.8) is 0 Å². The van der Waals surface area contributed by atoms with Crippen LogP contribution in [0.25, 0.3) is 0 Å². The summed E-state index contributed by atoms with van der Waals surface area (Å²) in [5.41, 5.74) is 6.69. The smallest absolute Gasteiger partial charge is 0.117 e. The molecule has 1 aliphatic heterocycles. The molecule has 0 unspecified atom stereocenters. The van der Waals surface area contributed by atoms with E-state index in [4.69, 9.17) is 0 Å². The van der Waals surface area contributed by atoms with Crippen LogP contribution in [0.3, 0.4) is 0 Å². The Morgan fingerprint density at radius 1 is 1.04 bits per heavy atom. The van der Waals surface area contributed by atoms with Crippen LogP contribution in [0.15, 0.2) is 78.5 Å². The summed E-state index contributed by atoms with van der Waals surface area (Å²) in [6, 6.07) is 14.0. The second kappa shape index (κ2) is 11.1. The van der Waals surface area contributed by atoms with E-state index < -0.39 is 0 Å². The Hall–Kier alpha value is -2.74. The summed E-state index contributed by atoms with van der Waals surface area (Å²) in [5, 5.41) is 10.0. The number of aryl methyl sites for hydroxylation is 1. The summed E-state index contributed by atoms with van der Waals surface area (Å²) in [7, 11) is 0. The number of rotatable bonds is 3. The molecule has 0 fully saturated rings. The summed E-state index contributed by atoms with van der Waals surface area (Å²) in [4.78, 5) is 2.20. The van der Waals surface area contributed by atoms with E-state index >= 15 is 0 Å². The van der Waals surface area contributed by atoms with E-state index in [1.54, 1.807) is 12.1 Å². The lowest BCUT2D eigenvalue weighted by Gasteiger charge is -2.34. The van der Waals surface area contributed by atoms with Crippen molar-refractivity contribution in [2.24, 2.45) is 0 Å². The molecule has 1 N–H and O–H groups in total. The minimum atomic E-state index is 0.281. The number of benzene rings is 2. The molecule has 2 heteroatoms. The summed E-state index contributed by atoms with van der Waals surface area (Å²) < 4.78 is 0. The van der Waals surface area contributed by atoms with Gasteiger partial charge in [0, 0.05) is 23.9 Å². The van der Waals surface area contributed by atoms with Gasteiger partial charge in [0.25, 0.3) is 0 Å². The van der Waals surface area contributed by atoms with Gasteiger partial charge < -0.3 is 10.0 Å². The van der Waals surface area contributed by atoms with Crippen LogP contribution in [0.5, 0.6) is 5.75 Å². The summed E-state index contributed by atoms with van der Waals surface area (Å²) in [6.45, 7) is 16.0. The zero-order valence-electron chi connectivity index (χ0n) is 17.6. The minimum Gasteiger partial charge on any atom is -0.508 e. The Kier molecular flexibility index (Phi) is 9.15. The van der Waals surface area contributed by atoms with E-state index in [1.807, 2.05) is 59.8 Å². The van der Waals surface area contributed by atoms with Crippen LogP contribution in [0.4, 0.5) is 11.4 Å². The number of phenolic OH excluding ortho intramolecular Hbond substituents is 1. The number of hydrogen-bond acceptors (Lipinski definition) is 2. The molecular weight excluding hydrogens is 330 g/mol. The first kappa shape index (κ1) is 22.3. The van der Waals surface area contributed by atoms with Crippen molar-refractivity contribution in [3.8, 4) is 5.75 Å². The van der Waals surface area contributed by atoms with Crippen LogP contribution in [0, 0.1) is 6.92 Å². The number of anilines is 2. The molecule has 0 atom stereocenters. The maximum atomic E-state index is 10.0. The van der Waals surface area contributed by atoms with E-state index in [-0.39, 0.29) is 5.75 Å². The Morgan fingerprint density at radius 3 is 2.30 bits per heavy atom. The van der Waals surface area contributed by atoms with Gasteiger partial charge >= 0.3 is 0 Å². The standard InChI is InChI=1S/C21H21NO.2C2H6/c1-4-8-20-16(5-2)13-17-9-6-7-10-21(17)22(20)18-11-15(3)12-19(23)14-18;2*1-2/h4-12,14,23H,2,13H2,1,3H3;2*1-2H3/b8-4-;;. The van der Waals surface area contributed by atoms with Crippen molar-refractivity contribution in [3.05, 3.63) is 89.7 Å². The fourth-order valence-corrected chi connectivity index (χ4v) is 3.11. The normalized spacial score (nSPS) is 12.6. The highest BCUT2D eigenvalue weighted by Gasteiger charge is 2.24. The number of phenols is 1. The lowest BCUT2D eigenvalue weighted by atomic mass is 9.94. The molecule has 0 spiro atoms. The predicted octanol–water partition coefficient (Wildman–Crippen LogP) is 7.46. The highest BCUT2D eigenvalue weighted by atomic mass is 16.3. The molecule has 2 aromatic rings. The maximum Gasteiger partial charge on any atom is 0.117 e. The monoisotopic (exact) mass is 363 g/mol. The van der Waals surface area contributed by atoms with Gasteiger partial charge in [0.05, 0.1) is 5.69 Å². The molecule has 0 saturated carbocycles. The van der Waals surface area contributed by atoms with Crippen molar-refractivity contribution >= 4 is 11.4 Å². The number of allylic oxidation sites excluding steroid dienone is 4. The van der Waals surface area contributed by atoms with Crippen LogP contribution in [-0.2, 0) is 6.42 Å². The van der Waals surface area contributed by atoms with Crippen LogP contribution in [0.2, 0.25) is 0 Å². The van der Waals surface area contributed by atoms with E-state index in [1.165, 1.54) is 11.1 Å². The molecule has 1 aliphatic rings. The molecule has 3 rings (SSSR count). The molecule has 0 saturated heterocycles. The van der Waals surface area contributed by atoms with Crippen molar-refractivity contribution in [2.75, 3.05) is 4.90 Å². The first-order valence-electron chi connectivity index (χ1n) is 9.81. The van der Waals surface area contributed by atoms with Gasteiger partial charge in [-0.25, -0.2) is 0 Å². The number of fused-ring (bicyclic) bond motifs is 1. The van der Waals surface area contributed by atoms with Crippen molar-refractivity contribution < 1.29 is 5.11 Å². The van der Waals surface area contributed by atoms with Crippen LogP contribution in [-0.4, -0.2) is 5.11 Å². The van der Waals surface area contributed by atoms with Crippen molar-refractivity contribution in [1.82, 2.24) is 0 Å². The molecule has 0 radical (unpaired) electrons. The highest BCUT2D eigenvalue weighted by Crippen LogP contribution is 2.41. The second-order valence-electron chi connectivity index (χ2n) is 5.78. The third-order valence-electron chi connectivity index (χ3n) is 4.06. The van der Waals surface area contributed by atoms with E-state index in [0.29, 0.717) is 0 Å². The van der Waals surface area contributed by atoms with E-state index in [2.05, 4.69) is 41.8 Å². The molecule has 144 valence electrons. The molecule has 0 aromatic heterocycles. The highest BCUT2D eigenvalue weighted by molar-refractivity contribution is 5.77. The summed E-state index contributed by atoms with van der Waals surface area (Å²) in [6.07, 6.45) is 6.93. The van der Waals surface area contributed by atoms with Gasteiger partial charge in [-0.15, -0.1) is 0 Å². The largest absolute Gasteiger partial charge is 0.508 e. The Bertz CT molecular complexity index is 795. The topological polar surface area (TPSA) is 23.5 Å². The van der Waals surface area contributed by atoms with Gasteiger partial charge in [-0.3, -0.25) is 0 Å². The molecule has 2 aromatic carbocycles. The van der Waals surface area contributed by atoms with Crippen LogP contribution < -0.4 is 4.90 Å². The molecule has 27 heavy (non-hydrogen) atoms. The summed E-state index contributed by atoms with van der Waals surface area (Å²) >= 11 is 0. The number of hydrogen-bond donors (Lipinski definition) is 1. The Morgan fingerprint density at radius 2 is 1.70 bits per heavy atom. The van der Waals surface area contributed by atoms with Crippen LogP contribution in [0.1, 0.15) is 45.7 Å². The maximum absolute atomic E-state index is 10.0. The minimum absolute atomic E-state index is 0.281. The number of nitrogens with zero attached hydrogens (tertiary/aromatic N) is 1. The summed E-state index contributed by atoms with van der Waals surface area (Å²) in [5.74, 6) is 0.281. The van der Waals surface area contributed by atoms with Gasteiger partial charge in [-0.05, 0) is 54.8 Å². The average Bonchev–Trinajstić information content (AvgIpc) is 2.70. The third kappa shape index (κ3) is 5.13. The molecule has 0 aliphatic carbocycles. The average molecular weight is 364 g/mol. The lowest BCUT2D eigenvalue weighted by molar-refractivity contribution is 0.475. The number of para-hydroxylation sites is 1. The molecule has 0 bridgehead atoms. The fourth-order valence-electron chi connectivity index (χ4n) is 3.11. The Labute approximate surface area is 165 Å². The van der Waals surface area contributed by atoms with Gasteiger partial charge in [-0.1, -0.05) is 64.6 Å². The SMILES string of the molecule is C=CC1=C(/C=C\C)N(c2cc(C)cc(O)c2)c2ccccc2C1.CC.CC. The lowest BCUT2D eigenvalue weighted by Crippen LogP contribution is -2.22. The van der Waals surface area contributed by atoms with Crippen LogP contribution >= 0.6 is 0 Å². The number of aromatic hydroxyl groups is 1. The quantitative estimate of drug-likeness (QED) is 0.611.